The van der Waals surface area contributed by atoms with E-state index < -0.39 is 28.8 Å². The first-order chi connectivity index (χ1) is 13.2. The second-order valence-corrected chi connectivity index (χ2v) is 6.17. The Balaban J connectivity index is 2.46. The molecule has 0 aliphatic carbocycles. The maximum Gasteiger partial charge on any atom is 0.416 e. The lowest BCUT2D eigenvalue weighted by molar-refractivity contribution is -0.137. The van der Waals surface area contributed by atoms with Crippen LogP contribution in [0.5, 0.6) is 0 Å². The van der Waals surface area contributed by atoms with E-state index in [2.05, 4.69) is 4.74 Å². The first-order valence-corrected chi connectivity index (χ1v) is 8.42. The number of aromatic nitrogens is 1. The molecule has 0 unspecified atom stereocenters. The molecule has 0 aliphatic rings. The highest BCUT2D eigenvalue weighted by Gasteiger charge is 2.32. The van der Waals surface area contributed by atoms with Crippen LogP contribution in [0.25, 0.3) is 16.6 Å². The number of benzene rings is 2. The number of rotatable bonds is 3. The molecule has 5 nitrogen and oxygen atoms in total. The zero-order chi connectivity index (χ0) is 20.6. The quantitative estimate of drug-likeness (QED) is 0.688. The maximum absolute atomic E-state index is 13.2. The van der Waals surface area contributed by atoms with Gasteiger partial charge in [0.05, 0.1) is 23.9 Å². The molecule has 3 aromatic rings. The summed E-state index contributed by atoms with van der Waals surface area (Å²) >= 11 is 0. The van der Waals surface area contributed by atoms with E-state index in [9.17, 15) is 22.8 Å². The molecule has 0 aliphatic heterocycles. The fraction of sp³-hybridized carbons (Fsp3) is 0.200. The highest BCUT2D eigenvalue weighted by Crippen LogP contribution is 2.34. The van der Waals surface area contributed by atoms with Crippen molar-refractivity contribution < 1.29 is 22.7 Å². The normalized spacial score (nSPS) is 11.6. The topological polar surface area (TPSA) is 74.3 Å². The van der Waals surface area contributed by atoms with Crippen LogP contribution in [0.3, 0.4) is 0 Å². The number of anilines is 1. The van der Waals surface area contributed by atoms with Gasteiger partial charge in [-0.3, -0.25) is 9.36 Å². The van der Waals surface area contributed by atoms with E-state index in [4.69, 9.17) is 5.73 Å². The highest BCUT2D eigenvalue weighted by molar-refractivity contribution is 6.04. The first kappa shape index (κ1) is 19.5. The number of carbonyl (C=O) groups is 1. The summed E-state index contributed by atoms with van der Waals surface area (Å²) in [6.07, 6.45) is -3.85. The van der Waals surface area contributed by atoms with Crippen molar-refractivity contribution in [1.82, 2.24) is 4.57 Å². The minimum Gasteiger partial charge on any atom is -0.465 e. The summed E-state index contributed by atoms with van der Waals surface area (Å²) < 4.78 is 45.3. The smallest absolute Gasteiger partial charge is 0.416 e. The van der Waals surface area contributed by atoms with Crippen molar-refractivity contribution >= 4 is 22.6 Å². The van der Waals surface area contributed by atoms with Gasteiger partial charge in [0, 0.05) is 11.1 Å². The van der Waals surface area contributed by atoms with Crippen molar-refractivity contribution in [2.45, 2.75) is 19.5 Å². The Morgan fingerprint density at radius 2 is 1.79 bits per heavy atom. The summed E-state index contributed by atoms with van der Waals surface area (Å²) in [5, 5.41) is 0.146. The molecule has 0 spiro atoms. The van der Waals surface area contributed by atoms with Crippen molar-refractivity contribution in [3.05, 3.63) is 69.5 Å². The van der Waals surface area contributed by atoms with Gasteiger partial charge in [0.25, 0.3) is 5.56 Å². The standard InChI is InChI=1S/C20H17F3N2O3/c1-3-11-4-7-13(8-5-11)25-15-10-12(20(21,22)23)6-9-14(15)17(24)16(18(25)26)19(27)28-2/h4-10H,3,24H2,1-2H3. The number of nitrogens with zero attached hydrogens (tertiary/aromatic N) is 1. The Bertz CT molecular complexity index is 1120. The van der Waals surface area contributed by atoms with Crippen LogP contribution >= 0.6 is 0 Å². The fourth-order valence-corrected chi connectivity index (χ4v) is 3.03. The Kier molecular flexibility index (Phi) is 4.89. The number of esters is 1. The lowest BCUT2D eigenvalue weighted by Crippen LogP contribution is -2.28. The molecule has 2 aromatic carbocycles. The number of nitrogen functional groups attached to an aromatic ring is 1. The molecule has 28 heavy (non-hydrogen) atoms. The Hall–Kier alpha value is -3.29. The number of hydrogen-bond acceptors (Lipinski definition) is 4. The van der Waals surface area contributed by atoms with Crippen LogP contribution in [0.4, 0.5) is 18.9 Å². The van der Waals surface area contributed by atoms with Crippen LogP contribution < -0.4 is 11.3 Å². The van der Waals surface area contributed by atoms with Crippen LogP contribution in [-0.4, -0.2) is 17.6 Å². The minimum atomic E-state index is -4.60. The van der Waals surface area contributed by atoms with Gasteiger partial charge in [-0.05, 0) is 36.2 Å². The van der Waals surface area contributed by atoms with Gasteiger partial charge in [-0.2, -0.15) is 13.2 Å². The van der Waals surface area contributed by atoms with E-state index in [1.54, 1.807) is 24.3 Å². The van der Waals surface area contributed by atoms with Gasteiger partial charge in [-0.1, -0.05) is 25.1 Å². The van der Waals surface area contributed by atoms with Crippen LogP contribution in [0.1, 0.15) is 28.4 Å². The Morgan fingerprint density at radius 3 is 2.32 bits per heavy atom. The molecule has 0 bridgehead atoms. The predicted molar refractivity (Wildman–Crippen MR) is 99.7 cm³/mol. The molecule has 0 saturated heterocycles. The molecule has 8 heteroatoms. The molecule has 1 aromatic heterocycles. The number of carbonyl (C=O) groups excluding carboxylic acids is 1. The van der Waals surface area contributed by atoms with Gasteiger partial charge >= 0.3 is 12.1 Å². The monoisotopic (exact) mass is 390 g/mol. The largest absolute Gasteiger partial charge is 0.465 e. The fourth-order valence-electron chi connectivity index (χ4n) is 3.03. The van der Waals surface area contributed by atoms with Gasteiger partial charge in [0.2, 0.25) is 0 Å². The van der Waals surface area contributed by atoms with Crippen LogP contribution in [0.2, 0.25) is 0 Å². The number of pyridine rings is 1. The minimum absolute atomic E-state index is 0.0470. The lowest BCUT2D eigenvalue weighted by atomic mass is 10.0. The van der Waals surface area contributed by atoms with Crippen molar-refractivity contribution in [2.24, 2.45) is 0 Å². The van der Waals surface area contributed by atoms with Gasteiger partial charge in [0.1, 0.15) is 5.56 Å². The van der Waals surface area contributed by atoms with Crippen LogP contribution in [0, 0.1) is 0 Å². The van der Waals surface area contributed by atoms with Gasteiger partial charge < -0.3 is 10.5 Å². The molecular formula is C20H17F3N2O3. The van der Waals surface area contributed by atoms with E-state index in [0.29, 0.717) is 5.69 Å². The van der Waals surface area contributed by atoms with Crippen molar-refractivity contribution in [3.63, 3.8) is 0 Å². The third kappa shape index (κ3) is 3.21. The summed E-state index contributed by atoms with van der Waals surface area (Å²) in [7, 11) is 1.10. The molecule has 1 heterocycles. The van der Waals surface area contributed by atoms with Crippen molar-refractivity contribution in [2.75, 3.05) is 12.8 Å². The second kappa shape index (κ2) is 7.03. The number of aryl methyl sites for hydroxylation is 1. The van der Waals surface area contributed by atoms with E-state index in [0.717, 1.165) is 41.9 Å². The molecule has 146 valence electrons. The Morgan fingerprint density at radius 1 is 1.14 bits per heavy atom. The molecule has 0 atom stereocenters. The number of alkyl halides is 3. The van der Waals surface area contributed by atoms with Gasteiger partial charge in [-0.25, -0.2) is 4.79 Å². The SMILES string of the molecule is CCc1ccc(-n2c(=O)c(C(=O)OC)c(N)c3ccc(C(F)(F)F)cc32)cc1. The summed E-state index contributed by atoms with van der Waals surface area (Å²) in [4.78, 5) is 25.1. The molecular weight excluding hydrogens is 373 g/mol. The molecule has 3 rings (SSSR count). The number of methoxy groups -OCH3 is 1. The number of halogens is 3. The third-order valence-corrected chi connectivity index (χ3v) is 4.53. The summed E-state index contributed by atoms with van der Waals surface area (Å²) in [5.41, 5.74) is 4.79. The van der Waals surface area contributed by atoms with Gasteiger partial charge in [-0.15, -0.1) is 0 Å². The van der Waals surface area contributed by atoms with E-state index in [1.807, 2.05) is 6.92 Å². The third-order valence-electron chi connectivity index (χ3n) is 4.53. The average Bonchev–Trinajstić information content (AvgIpc) is 2.67. The number of hydrogen-bond donors (Lipinski definition) is 1. The van der Waals surface area contributed by atoms with E-state index in [-0.39, 0.29) is 16.6 Å². The number of fused-ring (bicyclic) bond motifs is 1. The van der Waals surface area contributed by atoms with Crippen LogP contribution in [0.15, 0.2) is 47.3 Å². The van der Waals surface area contributed by atoms with Crippen molar-refractivity contribution in [1.29, 1.82) is 0 Å². The molecule has 2 N–H and O–H groups in total. The Labute approximate surface area is 158 Å². The van der Waals surface area contributed by atoms with E-state index in [1.165, 1.54) is 0 Å². The number of nitrogens with two attached hydrogens (primary N) is 1. The predicted octanol–water partition coefficient (Wildman–Crippen LogP) is 3.94. The summed E-state index contributed by atoms with van der Waals surface area (Å²) in [5.74, 6) is -0.955. The van der Waals surface area contributed by atoms with Crippen LogP contribution in [-0.2, 0) is 17.3 Å². The summed E-state index contributed by atoms with van der Waals surface area (Å²) in [6, 6.07) is 9.59. The highest BCUT2D eigenvalue weighted by atomic mass is 19.4. The second-order valence-electron chi connectivity index (χ2n) is 6.17. The zero-order valence-electron chi connectivity index (χ0n) is 15.1. The first-order valence-electron chi connectivity index (χ1n) is 8.42. The van der Waals surface area contributed by atoms with E-state index >= 15 is 0 Å². The average molecular weight is 390 g/mol. The molecule has 0 radical (unpaired) electrons. The summed E-state index contributed by atoms with van der Waals surface area (Å²) in [6.45, 7) is 1.95. The molecule has 0 amide bonds. The molecule has 0 saturated carbocycles. The number of ether oxygens (including phenoxy) is 1. The lowest BCUT2D eigenvalue weighted by Gasteiger charge is -2.17. The van der Waals surface area contributed by atoms with Gasteiger partial charge in [0.15, 0.2) is 0 Å². The van der Waals surface area contributed by atoms with Crippen molar-refractivity contribution in [3.8, 4) is 5.69 Å². The maximum atomic E-state index is 13.2. The zero-order valence-corrected chi connectivity index (χ0v) is 15.1. The molecule has 0 fully saturated rings.